The lowest BCUT2D eigenvalue weighted by atomic mass is 10.3. The number of thioether (sulfide) groups is 1. The number of hydrogen-bond acceptors (Lipinski definition) is 3. The number of halogens is 2. The van der Waals surface area contributed by atoms with E-state index in [9.17, 15) is 9.18 Å². The van der Waals surface area contributed by atoms with E-state index in [4.69, 9.17) is 0 Å². The predicted octanol–water partition coefficient (Wildman–Crippen LogP) is 2.16. The summed E-state index contributed by atoms with van der Waals surface area (Å²) in [6.45, 7) is 3.30. The fourth-order valence-corrected chi connectivity index (χ4v) is 2.76. The van der Waals surface area contributed by atoms with Crippen LogP contribution < -0.4 is 5.32 Å². The van der Waals surface area contributed by atoms with Crippen molar-refractivity contribution in [3.8, 4) is 0 Å². The van der Waals surface area contributed by atoms with E-state index in [0.717, 1.165) is 26.2 Å². The summed E-state index contributed by atoms with van der Waals surface area (Å²) in [6, 6.07) is 6.67. The van der Waals surface area contributed by atoms with Crippen molar-refractivity contribution < 1.29 is 9.18 Å². The zero-order valence-electron chi connectivity index (χ0n) is 10.6. The third-order valence-electron chi connectivity index (χ3n) is 2.88. The van der Waals surface area contributed by atoms with Crippen LogP contribution in [0.3, 0.4) is 0 Å². The summed E-state index contributed by atoms with van der Waals surface area (Å²) in [5.41, 5.74) is 0. The zero-order chi connectivity index (χ0) is 12.8. The number of nitrogens with one attached hydrogen (secondary N) is 1. The fraction of sp³-hybridized carbons (Fsp3) is 0.462. The summed E-state index contributed by atoms with van der Waals surface area (Å²) >= 11 is 1.40. The Bertz CT molecular complexity index is 413. The molecule has 3 nitrogen and oxygen atoms in total. The lowest BCUT2D eigenvalue weighted by Crippen LogP contribution is -2.46. The number of carbonyl (C=O) groups excluding carboxylic acids is 1. The van der Waals surface area contributed by atoms with E-state index in [1.807, 2.05) is 11.0 Å². The molecule has 1 aromatic carbocycles. The molecule has 1 aromatic rings. The SMILES string of the molecule is Cl.O=C(CCSc1ccccc1F)N1CCNCC1. The predicted molar refractivity (Wildman–Crippen MR) is 78.4 cm³/mol. The van der Waals surface area contributed by atoms with Crippen LogP contribution in [0.25, 0.3) is 0 Å². The average Bonchev–Trinajstić information content (AvgIpc) is 2.42. The Kier molecular flexibility index (Phi) is 7.20. The summed E-state index contributed by atoms with van der Waals surface area (Å²) < 4.78 is 13.3. The average molecular weight is 305 g/mol. The second kappa shape index (κ2) is 8.40. The third-order valence-corrected chi connectivity index (χ3v) is 3.93. The van der Waals surface area contributed by atoms with E-state index < -0.39 is 0 Å². The molecule has 0 aromatic heterocycles. The zero-order valence-corrected chi connectivity index (χ0v) is 12.2. The van der Waals surface area contributed by atoms with Crippen molar-refractivity contribution in [1.82, 2.24) is 10.2 Å². The molecule has 0 spiro atoms. The first-order valence-corrected chi connectivity index (χ1v) is 7.12. The van der Waals surface area contributed by atoms with Crippen molar-refractivity contribution in [3.05, 3.63) is 30.1 Å². The molecule has 1 heterocycles. The van der Waals surface area contributed by atoms with E-state index in [0.29, 0.717) is 17.1 Å². The van der Waals surface area contributed by atoms with Crippen LogP contribution in [0.4, 0.5) is 4.39 Å². The normalized spacial score (nSPS) is 14.9. The number of carbonyl (C=O) groups is 1. The first-order valence-electron chi connectivity index (χ1n) is 6.13. The Morgan fingerprint density at radius 3 is 2.68 bits per heavy atom. The Morgan fingerprint density at radius 2 is 2.00 bits per heavy atom. The molecule has 0 aliphatic carbocycles. The molecule has 0 bridgehead atoms. The number of hydrogen-bond donors (Lipinski definition) is 1. The highest BCUT2D eigenvalue weighted by Gasteiger charge is 2.15. The molecular weight excluding hydrogens is 287 g/mol. The Balaban J connectivity index is 0.00000180. The first-order chi connectivity index (χ1) is 8.77. The summed E-state index contributed by atoms with van der Waals surface area (Å²) in [5.74, 6) is 0.585. The van der Waals surface area contributed by atoms with E-state index in [-0.39, 0.29) is 24.1 Å². The smallest absolute Gasteiger partial charge is 0.223 e. The minimum Gasteiger partial charge on any atom is -0.340 e. The maximum atomic E-state index is 13.3. The van der Waals surface area contributed by atoms with Gasteiger partial charge in [0, 0.05) is 43.2 Å². The van der Waals surface area contributed by atoms with Crippen molar-refractivity contribution in [3.63, 3.8) is 0 Å². The summed E-state index contributed by atoms with van der Waals surface area (Å²) in [6.07, 6.45) is 0.471. The number of amides is 1. The number of rotatable bonds is 4. The van der Waals surface area contributed by atoms with Gasteiger partial charge in [-0.05, 0) is 12.1 Å². The van der Waals surface area contributed by atoms with Crippen LogP contribution in [0.2, 0.25) is 0 Å². The standard InChI is InChI=1S/C13H17FN2OS.ClH/c14-11-3-1-2-4-12(11)18-10-5-13(17)16-8-6-15-7-9-16;/h1-4,15H,5-10H2;1H. The first kappa shape index (κ1) is 16.3. The molecule has 1 aliphatic rings. The van der Waals surface area contributed by atoms with Crippen LogP contribution in [0.5, 0.6) is 0 Å². The number of benzene rings is 1. The van der Waals surface area contributed by atoms with Gasteiger partial charge in [-0.3, -0.25) is 4.79 Å². The number of piperazine rings is 1. The molecule has 1 saturated heterocycles. The molecule has 0 atom stereocenters. The molecule has 6 heteroatoms. The molecule has 0 saturated carbocycles. The molecule has 1 amide bonds. The highest BCUT2D eigenvalue weighted by molar-refractivity contribution is 7.99. The second-order valence-corrected chi connectivity index (χ2v) is 5.30. The van der Waals surface area contributed by atoms with Crippen molar-refractivity contribution >= 4 is 30.1 Å². The van der Waals surface area contributed by atoms with Crippen molar-refractivity contribution in [2.75, 3.05) is 31.9 Å². The summed E-state index contributed by atoms with van der Waals surface area (Å²) in [7, 11) is 0. The summed E-state index contributed by atoms with van der Waals surface area (Å²) in [4.78, 5) is 14.4. The quantitative estimate of drug-likeness (QED) is 0.865. The van der Waals surface area contributed by atoms with Gasteiger partial charge in [0.25, 0.3) is 0 Å². The van der Waals surface area contributed by atoms with E-state index >= 15 is 0 Å². The van der Waals surface area contributed by atoms with Gasteiger partial charge in [0.15, 0.2) is 0 Å². The van der Waals surface area contributed by atoms with Crippen LogP contribution >= 0.6 is 24.2 Å². The third kappa shape index (κ3) is 5.01. The van der Waals surface area contributed by atoms with Gasteiger partial charge in [-0.2, -0.15) is 0 Å². The second-order valence-electron chi connectivity index (χ2n) is 4.16. The molecule has 1 fully saturated rings. The van der Waals surface area contributed by atoms with Gasteiger partial charge in [-0.1, -0.05) is 12.1 Å². The maximum absolute atomic E-state index is 13.3. The van der Waals surface area contributed by atoms with Crippen LogP contribution in [0.15, 0.2) is 29.2 Å². The Hall–Kier alpha value is -0.780. The van der Waals surface area contributed by atoms with Crippen molar-refractivity contribution in [2.24, 2.45) is 0 Å². The molecule has 2 rings (SSSR count). The highest BCUT2D eigenvalue weighted by atomic mass is 35.5. The van der Waals surface area contributed by atoms with Crippen LogP contribution in [0.1, 0.15) is 6.42 Å². The fourth-order valence-electron chi connectivity index (χ4n) is 1.88. The van der Waals surface area contributed by atoms with Gasteiger partial charge in [-0.25, -0.2) is 4.39 Å². The van der Waals surface area contributed by atoms with Gasteiger partial charge < -0.3 is 10.2 Å². The van der Waals surface area contributed by atoms with Gasteiger partial charge >= 0.3 is 0 Å². The Morgan fingerprint density at radius 1 is 1.32 bits per heavy atom. The highest BCUT2D eigenvalue weighted by Crippen LogP contribution is 2.21. The lowest BCUT2D eigenvalue weighted by Gasteiger charge is -2.27. The monoisotopic (exact) mass is 304 g/mol. The lowest BCUT2D eigenvalue weighted by molar-refractivity contribution is -0.131. The molecule has 19 heavy (non-hydrogen) atoms. The topological polar surface area (TPSA) is 32.3 Å². The molecular formula is C13H18ClFN2OS. The Labute approximate surface area is 123 Å². The molecule has 1 N–H and O–H groups in total. The minimum absolute atomic E-state index is 0. The van der Waals surface area contributed by atoms with Gasteiger partial charge in [0.05, 0.1) is 0 Å². The summed E-state index contributed by atoms with van der Waals surface area (Å²) in [5, 5.41) is 3.21. The van der Waals surface area contributed by atoms with Crippen LogP contribution in [-0.4, -0.2) is 42.7 Å². The largest absolute Gasteiger partial charge is 0.340 e. The minimum atomic E-state index is -0.211. The van der Waals surface area contributed by atoms with E-state index in [2.05, 4.69) is 5.32 Å². The number of nitrogens with zero attached hydrogens (tertiary/aromatic N) is 1. The van der Waals surface area contributed by atoms with Crippen molar-refractivity contribution in [1.29, 1.82) is 0 Å². The van der Waals surface area contributed by atoms with Crippen LogP contribution in [0, 0.1) is 5.82 Å². The van der Waals surface area contributed by atoms with Crippen LogP contribution in [-0.2, 0) is 4.79 Å². The maximum Gasteiger partial charge on any atom is 0.223 e. The van der Waals surface area contributed by atoms with E-state index in [1.54, 1.807) is 12.1 Å². The molecule has 0 radical (unpaired) electrons. The van der Waals surface area contributed by atoms with Gasteiger partial charge in [0.1, 0.15) is 5.82 Å². The van der Waals surface area contributed by atoms with Gasteiger partial charge in [0.2, 0.25) is 5.91 Å². The molecule has 106 valence electrons. The molecule has 0 unspecified atom stereocenters. The van der Waals surface area contributed by atoms with Crippen molar-refractivity contribution in [2.45, 2.75) is 11.3 Å². The van der Waals surface area contributed by atoms with Gasteiger partial charge in [-0.15, -0.1) is 24.2 Å². The molecule has 1 aliphatic heterocycles. The van der Waals surface area contributed by atoms with E-state index in [1.165, 1.54) is 17.8 Å².